The van der Waals surface area contributed by atoms with Gasteiger partial charge in [-0.3, -0.25) is 9.80 Å². The van der Waals surface area contributed by atoms with Crippen LogP contribution in [0.25, 0.3) is 0 Å². The zero-order valence-corrected chi connectivity index (χ0v) is 17.3. The van der Waals surface area contributed by atoms with Gasteiger partial charge in [-0.25, -0.2) is 0 Å². The van der Waals surface area contributed by atoms with E-state index in [1.54, 1.807) is 0 Å². The molecule has 144 valence electrons. The van der Waals surface area contributed by atoms with E-state index in [2.05, 4.69) is 60.9 Å². The first kappa shape index (κ1) is 19.9. The zero-order chi connectivity index (χ0) is 18.6. The summed E-state index contributed by atoms with van der Waals surface area (Å²) in [6.45, 7) is 12.3. The van der Waals surface area contributed by atoms with Crippen molar-refractivity contribution in [2.45, 2.75) is 51.1 Å². The van der Waals surface area contributed by atoms with Gasteiger partial charge in [0.05, 0.1) is 19.3 Å². The molecular weight excluding hydrogens is 344 g/mol. The van der Waals surface area contributed by atoms with Gasteiger partial charge in [-0.15, -0.1) is 0 Å². The maximum absolute atomic E-state index is 7.36. The van der Waals surface area contributed by atoms with Gasteiger partial charge in [0.2, 0.25) is 0 Å². The van der Waals surface area contributed by atoms with E-state index in [-0.39, 0.29) is 6.04 Å². The van der Waals surface area contributed by atoms with E-state index in [4.69, 9.17) is 16.3 Å². The Bertz CT molecular complexity index is 602. The number of likely N-dealkylation sites (tertiary alicyclic amines) is 1. The zero-order valence-electron chi connectivity index (χ0n) is 16.5. The van der Waals surface area contributed by atoms with Crippen molar-refractivity contribution in [3.05, 3.63) is 47.0 Å². The van der Waals surface area contributed by atoms with Gasteiger partial charge in [0, 0.05) is 13.1 Å². The average Bonchev–Trinajstić information content (AvgIpc) is 3.21. The Labute approximate surface area is 164 Å². The molecule has 0 amide bonds. The third-order valence-electron chi connectivity index (χ3n) is 5.98. The van der Waals surface area contributed by atoms with Crippen LogP contribution in [0.4, 0.5) is 0 Å². The van der Waals surface area contributed by atoms with Crippen LogP contribution in [-0.4, -0.2) is 54.2 Å². The molecule has 1 aromatic carbocycles. The number of alkyl halides is 1. The minimum atomic E-state index is -0.493. The molecule has 3 rings (SSSR count). The Kier molecular flexibility index (Phi) is 6.79. The number of hydrogen-bond donors (Lipinski definition) is 0. The number of morpholine rings is 1. The second kappa shape index (κ2) is 8.88. The number of allylic oxidation sites excluding steroid dienone is 1. The molecule has 2 heterocycles. The molecule has 0 aliphatic carbocycles. The SMILES string of the molecule is CC/C(C)=C(/C(c1ccccc1)N1CCCC1)C(C)(Cl)N1CCOCC1. The number of hydrogen-bond acceptors (Lipinski definition) is 3. The Morgan fingerprint density at radius 1 is 1.12 bits per heavy atom. The maximum atomic E-state index is 7.36. The molecule has 2 fully saturated rings. The lowest BCUT2D eigenvalue weighted by Crippen LogP contribution is -2.52. The molecule has 26 heavy (non-hydrogen) atoms. The largest absolute Gasteiger partial charge is 0.379 e. The second-order valence-corrected chi connectivity index (χ2v) is 8.39. The van der Waals surface area contributed by atoms with Crippen LogP contribution < -0.4 is 0 Å². The third kappa shape index (κ3) is 4.17. The van der Waals surface area contributed by atoms with E-state index >= 15 is 0 Å². The molecule has 0 N–H and O–H groups in total. The van der Waals surface area contributed by atoms with Crippen molar-refractivity contribution >= 4 is 11.6 Å². The van der Waals surface area contributed by atoms with Gasteiger partial charge in [0.25, 0.3) is 0 Å². The highest BCUT2D eigenvalue weighted by atomic mass is 35.5. The molecule has 0 spiro atoms. The third-order valence-corrected chi connectivity index (χ3v) is 6.42. The van der Waals surface area contributed by atoms with E-state index in [0.29, 0.717) is 0 Å². The van der Waals surface area contributed by atoms with Crippen LogP contribution in [0.15, 0.2) is 41.5 Å². The maximum Gasteiger partial charge on any atom is 0.117 e. The Morgan fingerprint density at radius 3 is 2.31 bits per heavy atom. The van der Waals surface area contributed by atoms with E-state index < -0.39 is 5.00 Å². The number of nitrogens with zero attached hydrogens (tertiary/aromatic N) is 2. The van der Waals surface area contributed by atoms with Gasteiger partial charge < -0.3 is 4.74 Å². The van der Waals surface area contributed by atoms with Gasteiger partial charge in [0.15, 0.2) is 0 Å². The van der Waals surface area contributed by atoms with Gasteiger partial charge in [0.1, 0.15) is 5.00 Å². The lowest BCUT2D eigenvalue weighted by molar-refractivity contribution is 0.0141. The number of ether oxygens (including phenoxy) is 1. The monoisotopic (exact) mass is 376 g/mol. The molecule has 2 saturated heterocycles. The second-order valence-electron chi connectivity index (χ2n) is 7.66. The minimum Gasteiger partial charge on any atom is -0.379 e. The molecule has 4 heteroatoms. The fourth-order valence-electron chi connectivity index (χ4n) is 4.41. The van der Waals surface area contributed by atoms with Crippen LogP contribution in [0.2, 0.25) is 0 Å². The first-order valence-corrected chi connectivity index (χ1v) is 10.4. The normalized spacial score (nSPS) is 24.2. The summed E-state index contributed by atoms with van der Waals surface area (Å²) in [5.41, 5.74) is 4.14. The fourth-order valence-corrected chi connectivity index (χ4v) is 4.85. The van der Waals surface area contributed by atoms with Crippen molar-refractivity contribution in [2.24, 2.45) is 0 Å². The van der Waals surface area contributed by atoms with Crippen molar-refractivity contribution in [1.82, 2.24) is 9.80 Å². The lowest BCUT2D eigenvalue weighted by atomic mass is 9.86. The summed E-state index contributed by atoms with van der Waals surface area (Å²) in [5.74, 6) is 0. The summed E-state index contributed by atoms with van der Waals surface area (Å²) >= 11 is 7.36. The molecule has 0 aromatic heterocycles. The molecule has 2 unspecified atom stereocenters. The molecule has 1 aromatic rings. The van der Waals surface area contributed by atoms with Crippen LogP contribution in [0.1, 0.15) is 51.6 Å². The summed E-state index contributed by atoms with van der Waals surface area (Å²) in [4.78, 5) is 4.54. The van der Waals surface area contributed by atoms with E-state index in [1.807, 2.05) is 0 Å². The number of rotatable bonds is 6. The van der Waals surface area contributed by atoms with Gasteiger partial charge in [-0.2, -0.15) is 0 Å². The highest BCUT2D eigenvalue weighted by Gasteiger charge is 2.42. The average molecular weight is 377 g/mol. The molecule has 3 nitrogen and oxygen atoms in total. The Balaban J connectivity index is 2.06. The summed E-state index contributed by atoms with van der Waals surface area (Å²) < 4.78 is 5.58. The van der Waals surface area contributed by atoms with Crippen LogP contribution in [0.5, 0.6) is 0 Å². The Hall–Kier alpha value is -0.870. The standard InChI is InChI=1S/C22H33ClN2O/c1-4-18(2)20(22(3,23)25-14-16-26-17-15-25)21(24-12-8-9-13-24)19-10-6-5-7-11-19/h5-7,10-11,21H,4,8-9,12-17H2,1-3H3/b20-18-. The molecular formula is C22H33ClN2O. The molecule has 0 radical (unpaired) electrons. The molecule has 0 saturated carbocycles. The first-order valence-electron chi connectivity index (χ1n) is 10.1. The van der Waals surface area contributed by atoms with E-state index in [9.17, 15) is 0 Å². The Morgan fingerprint density at radius 2 is 1.73 bits per heavy atom. The predicted molar refractivity (Wildman–Crippen MR) is 110 cm³/mol. The number of benzene rings is 1. The molecule has 0 bridgehead atoms. The van der Waals surface area contributed by atoms with Crippen molar-refractivity contribution in [3.63, 3.8) is 0 Å². The van der Waals surface area contributed by atoms with Crippen LogP contribution >= 0.6 is 11.6 Å². The van der Waals surface area contributed by atoms with Gasteiger partial charge >= 0.3 is 0 Å². The van der Waals surface area contributed by atoms with Crippen LogP contribution in [0.3, 0.4) is 0 Å². The van der Waals surface area contributed by atoms with E-state index in [1.165, 1.54) is 29.6 Å². The van der Waals surface area contributed by atoms with Crippen LogP contribution in [0, 0.1) is 0 Å². The lowest BCUT2D eigenvalue weighted by Gasteiger charge is -2.45. The molecule has 2 aliphatic heterocycles. The summed E-state index contributed by atoms with van der Waals surface area (Å²) in [7, 11) is 0. The van der Waals surface area contributed by atoms with E-state index in [0.717, 1.165) is 45.8 Å². The van der Waals surface area contributed by atoms with Crippen molar-refractivity contribution in [3.8, 4) is 0 Å². The van der Waals surface area contributed by atoms with Crippen molar-refractivity contribution < 1.29 is 4.74 Å². The highest BCUT2D eigenvalue weighted by molar-refractivity contribution is 6.25. The summed E-state index contributed by atoms with van der Waals surface area (Å²) in [5, 5.41) is 0. The highest BCUT2D eigenvalue weighted by Crippen LogP contribution is 2.44. The minimum absolute atomic E-state index is 0.254. The molecule has 2 aliphatic rings. The topological polar surface area (TPSA) is 15.7 Å². The van der Waals surface area contributed by atoms with Gasteiger partial charge in [-0.05, 0) is 57.3 Å². The summed E-state index contributed by atoms with van der Waals surface area (Å²) in [6.07, 6.45) is 3.58. The smallest absolute Gasteiger partial charge is 0.117 e. The van der Waals surface area contributed by atoms with Crippen molar-refractivity contribution in [1.29, 1.82) is 0 Å². The van der Waals surface area contributed by atoms with Gasteiger partial charge in [-0.1, -0.05) is 54.4 Å². The van der Waals surface area contributed by atoms with Crippen LogP contribution in [-0.2, 0) is 4.74 Å². The molecule has 2 atom stereocenters. The predicted octanol–water partition coefficient (Wildman–Crippen LogP) is 4.84. The van der Waals surface area contributed by atoms with Crippen molar-refractivity contribution in [2.75, 3.05) is 39.4 Å². The quantitative estimate of drug-likeness (QED) is 0.401. The summed E-state index contributed by atoms with van der Waals surface area (Å²) in [6, 6.07) is 11.2. The first-order chi connectivity index (χ1) is 12.6. The number of halogens is 1. The fraction of sp³-hybridized carbons (Fsp3) is 0.636.